The highest BCUT2D eigenvalue weighted by Crippen LogP contribution is 2.22. The number of piperazine rings is 1. The molecule has 1 aliphatic rings. The highest BCUT2D eigenvalue weighted by molar-refractivity contribution is 5.82. The SMILES string of the molecule is CCc1cc2ncc(CN3CCN(c4ccc5[nH]ncc5c4)CC3)cc2[nH]c1=O. The lowest BCUT2D eigenvalue weighted by Crippen LogP contribution is -2.45. The molecule has 0 bridgehead atoms. The lowest BCUT2D eigenvalue weighted by molar-refractivity contribution is 0.250. The van der Waals surface area contributed by atoms with Gasteiger partial charge in [-0.25, -0.2) is 0 Å². The molecule has 4 heterocycles. The quantitative estimate of drug-likeness (QED) is 0.562. The van der Waals surface area contributed by atoms with Crippen molar-refractivity contribution in [2.75, 3.05) is 31.1 Å². The number of anilines is 1. The smallest absolute Gasteiger partial charge is 0.251 e. The average Bonchev–Trinajstić information content (AvgIpc) is 3.21. The van der Waals surface area contributed by atoms with Gasteiger partial charge in [-0.3, -0.25) is 19.8 Å². The van der Waals surface area contributed by atoms with Crippen LogP contribution in [-0.2, 0) is 13.0 Å². The molecule has 0 spiro atoms. The van der Waals surface area contributed by atoms with Crippen LogP contribution in [0.3, 0.4) is 0 Å². The van der Waals surface area contributed by atoms with Crippen molar-refractivity contribution in [2.45, 2.75) is 19.9 Å². The maximum Gasteiger partial charge on any atom is 0.251 e. The molecule has 0 saturated carbocycles. The Morgan fingerprint density at radius 2 is 1.90 bits per heavy atom. The van der Waals surface area contributed by atoms with E-state index in [2.05, 4.69) is 54.2 Å². The Morgan fingerprint density at radius 1 is 1.03 bits per heavy atom. The molecule has 1 fully saturated rings. The minimum atomic E-state index is -0.0119. The second kappa shape index (κ2) is 7.33. The van der Waals surface area contributed by atoms with Crippen LogP contribution in [0.15, 0.2) is 47.5 Å². The Hall–Kier alpha value is -3.19. The van der Waals surface area contributed by atoms with Crippen LogP contribution < -0.4 is 10.5 Å². The molecule has 148 valence electrons. The second-order valence-corrected chi connectivity index (χ2v) is 7.66. The van der Waals surface area contributed by atoms with E-state index in [-0.39, 0.29) is 5.56 Å². The van der Waals surface area contributed by atoms with Crippen LogP contribution in [0.5, 0.6) is 0 Å². The van der Waals surface area contributed by atoms with E-state index in [1.165, 1.54) is 5.69 Å². The van der Waals surface area contributed by atoms with Crippen molar-refractivity contribution < 1.29 is 0 Å². The maximum absolute atomic E-state index is 12.1. The van der Waals surface area contributed by atoms with E-state index < -0.39 is 0 Å². The number of hydrogen-bond acceptors (Lipinski definition) is 5. The van der Waals surface area contributed by atoms with Gasteiger partial charge in [0.25, 0.3) is 5.56 Å². The summed E-state index contributed by atoms with van der Waals surface area (Å²) >= 11 is 0. The van der Waals surface area contributed by atoms with Crippen LogP contribution in [0, 0.1) is 0 Å². The van der Waals surface area contributed by atoms with Gasteiger partial charge in [0.1, 0.15) is 0 Å². The van der Waals surface area contributed by atoms with E-state index in [0.717, 1.165) is 65.8 Å². The number of hydrogen-bond donors (Lipinski definition) is 2. The molecule has 0 aliphatic carbocycles. The molecule has 3 aromatic heterocycles. The summed E-state index contributed by atoms with van der Waals surface area (Å²) in [6.07, 6.45) is 4.52. The number of pyridine rings is 2. The van der Waals surface area contributed by atoms with Gasteiger partial charge in [0, 0.05) is 55.6 Å². The normalized spacial score (nSPS) is 15.4. The topological polar surface area (TPSA) is 80.9 Å². The number of rotatable bonds is 4. The monoisotopic (exact) mass is 388 g/mol. The molecule has 7 nitrogen and oxygen atoms in total. The first kappa shape index (κ1) is 17.9. The number of benzene rings is 1. The first-order valence-corrected chi connectivity index (χ1v) is 10.1. The van der Waals surface area contributed by atoms with E-state index in [4.69, 9.17) is 0 Å². The Labute approximate surface area is 168 Å². The molecule has 0 atom stereocenters. The fraction of sp³-hybridized carbons (Fsp3) is 0.318. The molecular weight excluding hydrogens is 364 g/mol. The van der Waals surface area contributed by atoms with Crippen LogP contribution >= 0.6 is 0 Å². The van der Waals surface area contributed by atoms with Crippen LogP contribution in [-0.4, -0.2) is 51.2 Å². The first-order valence-electron chi connectivity index (χ1n) is 10.1. The summed E-state index contributed by atoms with van der Waals surface area (Å²) < 4.78 is 0. The lowest BCUT2D eigenvalue weighted by atomic mass is 10.1. The van der Waals surface area contributed by atoms with Crippen LogP contribution in [0.2, 0.25) is 0 Å². The highest BCUT2D eigenvalue weighted by Gasteiger charge is 2.18. The van der Waals surface area contributed by atoms with Gasteiger partial charge in [0.2, 0.25) is 0 Å². The van der Waals surface area contributed by atoms with Crippen molar-refractivity contribution in [1.29, 1.82) is 0 Å². The molecule has 4 aromatic rings. The predicted molar refractivity (Wildman–Crippen MR) is 115 cm³/mol. The Morgan fingerprint density at radius 3 is 2.72 bits per heavy atom. The van der Waals surface area contributed by atoms with Crippen molar-refractivity contribution in [3.8, 4) is 0 Å². The van der Waals surface area contributed by atoms with Crippen molar-refractivity contribution >= 4 is 27.6 Å². The largest absolute Gasteiger partial charge is 0.369 e. The molecular formula is C22H24N6O. The third-order valence-electron chi connectivity index (χ3n) is 5.77. The fourth-order valence-electron chi connectivity index (χ4n) is 4.07. The van der Waals surface area contributed by atoms with Gasteiger partial charge < -0.3 is 9.88 Å². The zero-order valence-electron chi connectivity index (χ0n) is 16.5. The summed E-state index contributed by atoms with van der Waals surface area (Å²) in [5.74, 6) is 0. The molecule has 29 heavy (non-hydrogen) atoms. The van der Waals surface area contributed by atoms with Crippen molar-refractivity contribution in [1.82, 2.24) is 25.1 Å². The number of aromatic nitrogens is 4. The van der Waals surface area contributed by atoms with Crippen LogP contribution in [0.25, 0.3) is 21.9 Å². The fourth-order valence-corrected chi connectivity index (χ4v) is 4.07. The second-order valence-electron chi connectivity index (χ2n) is 7.66. The van der Waals surface area contributed by atoms with E-state index in [9.17, 15) is 4.79 Å². The summed E-state index contributed by atoms with van der Waals surface area (Å²) in [6, 6.07) is 10.4. The summed E-state index contributed by atoms with van der Waals surface area (Å²) in [4.78, 5) is 24.5. The van der Waals surface area contributed by atoms with Gasteiger partial charge in [-0.05, 0) is 42.3 Å². The summed E-state index contributed by atoms with van der Waals surface area (Å²) in [7, 11) is 0. The van der Waals surface area contributed by atoms with Crippen molar-refractivity contribution in [3.63, 3.8) is 0 Å². The van der Waals surface area contributed by atoms with Gasteiger partial charge in [0.15, 0.2) is 0 Å². The number of aryl methyl sites for hydroxylation is 1. The van der Waals surface area contributed by atoms with Crippen molar-refractivity contribution in [3.05, 3.63) is 64.2 Å². The number of aromatic amines is 2. The Bertz CT molecular complexity index is 1220. The minimum absolute atomic E-state index is 0.0119. The minimum Gasteiger partial charge on any atom is -0.369 e. The van der Waals surface area contributed by atoms with Crippen LogP contribution in [0.1, 0.15) is 18.1 Å². The zero-order chi connectivity index (χ0) is 19.8. The van der Waals surface area contributed by atoms with E-state index in [1.54, 1.807) is 0 Å². The number of nitrogens with zero attached hydrogens (tertiary/aromatic N) is 4. The third kappa shape index (κ3) is 3.49. The van der Waals surface area contributed by atoms with E-state index in [0.29, 0.717) is 6.42 Å². The zero-order valence-corrected chi connectivity index (χ0v) is 16.5. The van der Waals surface area contributed by atoms with Gasteiger partial charge in [0.05, 0.1) is 22.7 Å². The molecule has 7 heteroatoms. The summed E-state index contributed by atoms with van der Waals surface area (Å²) in [5, 5.41) is 8.25. The standard InChI is InChI=1S/C22H24N6O/c1-2-16-11-20-21(25-22(16)29)9-15(12-23-20)14-27-5-7-28(8-6-27)18-3-4-19-17(10-18)13-24-26-19/h3-4,9-13H,2,5-8,14H2,1H3,(H,24,26)(H,25,29). The molecule has 1 saturated heterocycles. The average molecular weight is 388 g/mol. The molecule has 1 aromatic carbocycles. The van der Waals surface area contributed by atoms with Gasteiger partial charge in [-0.2, -0.15) is 5.10 Å². The summed E-state index contributed by atoms with van der Waals surface area (Å²) in [6.45, 7) is 6.79. The number of nitrogens with one attached hydrogen (secondary N) is 2. The van der Waals surface area contributed by atoms with E-state index >= 15 is 0 Å². The van der Waals surface area contributed by atoms with Crippen LogP contribution in [0.4, 0.5) is 5.69 Å². The predicted octanol–water partition coefficient (Wildman–Crippen LogP) is 2.68. The van der Waals surface area contributed by atoms with Gasteiger partial charge in [-0.1, -0.05) is 6.92 Å². The molecule has 0 amide bonds. The Balaban J connectivity index is 1.27. The van der Waals surface area contributed by atoms with Crippen molar-refractivity contribution in [2.24, 2.45) is 0 Å². The third-order valence-corrected chi connectivity index (χ3v) is 5.77. The van der Waals surface area contributed by atoms with Gasteiger partial charge >= 0.3 is 0 Å². The molecule has 0 radical (unpaired) electrons. The molecule has 0 unspecified atom stereocenters. The Kier molecular flexibility index (Phi) is 4.52. The van der Waals surface area contributed by atoms with E-state index in [1.807, 2.05) is 25.4 Å². The first-order chi connectivity index (χ1) is 14.2. The van der Waals surface area contributed by atoms with Gasteiger partial charge in [-0.15, -0.1) is 0 Å². The molecule has 5 rings (SSSR count). The molecule has 1 aliphatic heterocycles. The summed E-state index contributed by atoms with van der Waals surface area (Å²) in [5.41, 5.74) is 5.88. The highest BCUT2D eigenvalue weighted by atomic mass is 16.1. The lowest BCUT2D eigenvalue weighted by Gasteiger charge is -2.36. The molecule has 2 N–H and O–H groups in total. The number of fused-ring (bicyclic) bond motifs is 2. The maximum atomic E-state index is 12.1. The number of H-pyrrole nitrogens is 2.